The summed E-state index contributed by atoms with van der Waals surface area (Å²) in [4.78, 5) is 17.7. The highest BCUT2D eigenvalue weighted by atomic mass is 32.2. The molecule has 0 bridgehead atoms. The summed E-state index contributed by atoms with van der Waals surface area (Å²) >= 11 is 1.61. The first-order valence-electron chi connectivity index (χ1n) is 22.2. The number of halogens is 22. The van der Waals surface area contributed by atoms with Crippen molar-refractivity contribution in [3.63, 3.8) is 0 Å². The fourth-order valence-corrected chi connectivity index (χ4v) is 11.5. The van der Waals surface area contributed by atoms with Crippen molar-refractivity contribution in [3.8, 4) is 0 Å². The summed E-state index contributed by atoms with van der Waals surface area (Å²) in [5.74, 6) is -72.0. The van der Waals surface area contributed by atoms with E-state index < -0.39 is 155 Å². The number of carbonyl (C=O) groups is 1. The summed E-state index contributed by atoms with van der Waals surface area (Å²) < 4.78 is 321. The number of rotatable bonds is 11. The van der Waals surface area contributed by atoms with Gasteiger partial charge in [-0.05, 0) is 97.1 Å². The minimum atomic E-state index is -7.22. The molecule has 0 radical (unpaired) electrons. The van der Waals surface area contributed by atoms with E-state index in [4.69, 9.17) is 0 Å². The lowest BCUT2D eigenvalue weighted by Crippen LogP contribution is -2.81. The molecule has 26 heteroatoms. The van der Waals surface area contributed by atoms with Crippen molar-refractivity contribution in [2.24, 2.45) is 0 Å². The molecule has 0 saturated carbocycles. The lowest BCUT2D eigenvalue weighted by Gasteiger charge is -2.44. The zero-order valence-corrected chi connectivity index (χ0v) is 40.9. The lowest BCUT2D eigenvalue weighted by atomic mass is 9.12. The van der Waals surface area contributed by atoms with Crippen LogP contribution >= 0.6 is 11.8 Å². The molecular weight excluding hydrogens is 1170 g/mol. The molecule has 0 aliphatic heterocycles. The van der Waals surface area contributed by atoms with Crippen LogP contribution in [0.2, 0.25) is 0 Å². The molecule has 416 valence electrons. The molecule has 0 saturated heterocycles. The SMILES string of the molecule is Fc1c(F)c(F)c([B-](c2c(F)c(F)c(F)c(F)c2F)(c2c(F)c(F)c(F)c(F)c2F)c2c(F)c(F)c(F)c(F)c2F)c(F)c1F.O=C(c1ccccc1)c1ccc(Sc2ccc([S+](c3ccc(F)cc3)c3ccc(F)cc3)cc2)cc1. The second-order valence-corrected chi connectivity index (χ2v) is 20.0. The molecule has 0 spiro atoms. The molecule has 0 fully saturated rings. The molecule has 81 heavy (non-hydrogen) atoms. The van der Waals surface area contributed by atoms with Gasteiger partial charge in [0.15, 0.2) is 90.3 Å². The van der Waals surface area contributed by atoms with Gasteiger partial charge in [-0.1, -0.05) is 42.1 Å². The van der Waals surface area contributed by atoms with Gasteiger partial charge < -0.3 is 0 Å². The molecule has 1 nitrogen and oxygen atoms in total. The highest BCUT2D eigenvalue weighted by molar-refractivity contribution is 7.99. The van der Waals surface area contributed by atoms with Crippen LogP contribution < -0.4 is 21.9 Å². The number of benzene rings is 9. The second kappa shape index (κ2) is 23.2. The third-order valence-electron chi connectivity index (χ3n) is 12.3. The van der Waals surface area contributed by atoms with Gasteiger partial charge in [0, 0.05) is 20.9 Å². The van der Waals surface area contributed by atoms with Crippen LogP contribution in [0.25, 0.3) is 0 Å². The largest absolute Gasteiger partial charge is 0.289 e. The van der Waals surface area contributed by atoms with E-state index in [1.54, 1.807) is 36.0 Å². The first-order valence-corrected chi connectivity index (χ1v) is 24.3. The third-order valence-corrected chi connectivity index (χ3v) is 15.5. The highest BCUT2D eigenvalue weighted by Crippen LogP contribution is 2.36. The molecule has 0 aromatic heterocycles. The Morgan fingerprint density at radius 1 is 0.272 bits per heavy atom. The molecule has 0 N–H and O–H groups in total. The van der Waals surface area contributed by atoms with E-state index in [0.29, 0.717) is 11.1 Å². The van der Waals surface area contributed by atoms with Crippen LogP contribution in [0.4, 0.5) is 96.6 Å². The Labute approximate surface area is 447 Å². The molecule has 0 atom stereocenters. The van der Waals surface area contributed by atoms with E-state index in [1.165, 1.54) is 24.3 Å². The normalized spacial score (nSPS) is 11.5. The van der Waals surface area contributed by atoms with E-state index in [9.17, 15) is 66.3 Å². The van der Waals surface area contributed by atoms with Gasteiger partial charge in [-0.15, -0.1) is 21.9 Å². The smallest absolute Gasteiger partial charge is 0.200 e. The van der Waals surface area contributed by atoms with Crippen LogP contribution in [0.5, 0.6) is 0 Å². The Kier molecular flexibility index (Phi) is 16.9. The Balaban J connectivity index is 0.000000217. The molecule has 9 aromatic carbocycles. The summed E-state index contributed by atoms with van der Waals surface area (Å²) in [6, 6.07) is 38.0. The van der Waals surface area contributed by atoms with E-state index in [1.807, 2.05) is 54.6 Å². The minimum absolute atomic E-state index is 0.00474. The molecule has 9 aromatic rings. The molecular formula is C55H21BF22OS2. The number of hydrogen-bond acceptors (Lipinski definition) is 2. The van der Waals surface area contributed by atoms with Crippen molar-refractivity contribution in [2.45, 2.75) is 24.5 Å². The Morgan fingerprint density at radius 3 is 0.765 bits per heavy atom. The third kappa shape index (κ3) is 10.4. The van der Waals surface area contributed by atoms with Crippen LogP contribution in [0.1, 0.15) is 15.9 Å². The van der Waals surface area contributed by atoms with Crippen molar-refractivity contribution >= 4 is 56.4 Å². The predicted octanol–water partition coefficient (Wildman–Crippen LogP) is 14.3. The van der Waals surface area contributed by atoms with Crippen molar-refractivity contribution < 1.29 is 101 Å². The quantitative estimate of drug-likeness (QED) is 0.0321. The van der Waals surface area contributed by atoms with E-state index in [0.717, 1.165) is 24.5 Å². The minimum Gasteiger partial charge on any atom is -0.289 e. The maximum absolute atomic E-state index is 15.4. The summed E-state index contributed by atoms with van der Waals surface area (Å²) in [7, 11) is -0.493. The monoisotopic (exact) mass is 1190 g/mol. The van der Waals surface area contributed by atoms with Gasteiger partial charge in [0.1, 0.15) is 64.3 Å². The zero-order valence-electron chi connectivity index (χ0n) is 39.2. The Morgan fingerprint density at radius 2 is 0.494 bits per heavy atom. The lowest BCUT2D eigenvalue weighted by molar-refractivity contribution is 0.103. The van der Waals surface area contributed by atoms with Gasteiger partial charge in [-0.25, -0.2) is 96.6 Å². The first kappa shape index (κ1) is 59.0. The van der Waals surface area contributed by atoms with Crippen molar-refractivity contribution in [1.29, 1.82) is 0 Å². The van der Waals surface area contributed by atoms with Crippen LogP contribution in [-0.4, -0.2) is 11.9 Å². The van der Waals surface area contributed by atoms with Gasteiger partial charge in [0.05, 0.1) is 10.9 Å². The highest BCUT2D eigenvalue weighted by Gasteiger charge is 2.52. The topological polar surface area (TPSA) is 17.1 Å². The number of carbonyl (C=O) groups excluding carboxylic acids is 1. The van der Waals surface area contributed by atoms with Crippen LogP contribution in [0.15, 0.2) is 152 Å². The predicted molar refractivity (Wildman–Crippen MR) is 251 cm³/mol. The molecule has 0 aliphatic rings. The van der Waals surface area contributed by atoms with Crippen LogP contribution in [0.3, 0.4) is 0 Å². The first-order chi connectivity index (χ1) is 38.3. The van der Waals surface area contributed by atoms with Crippen LogP contribution in [0, 0.1) is 128 Å². The number of hydrogen-bond donors (Lipinski definition) is 0. The Bertz CT molecular complexity index is 3500. The molecule has 0 aliphatic carbocycles. The van der Waals surface area contributed by atoms with Gasteiger partial charge >= 0.3 is 0 Å². The average molecular weight is 1190 g/mol. The van der Waals surface area contributed by atoms with Crippen molar-refractivity contribution in [1.82, 2.24) is 0 Å². The average Bonchev–Trinajstić information content (AvgIpc) is 3.64. The molecule has 0 amide bonds. The fourth-order valence-electron chi connectivity index (χ4n) is 8.63. The van der Waals surface area contributed by atoms with Gasteiger partial charge in [-0.2, -0.15) is 0 Å². The maximum Gasteiger partial charge on any atom is 0.200 e. The summed E-state index contributed by atoms with van der Waals surface area (Å²) in [5.41, 5.74) is -13.0. The van der Waals surface area contributed by atoms with E-state index in [-0.39, 0.29) is 17.4 Å². The van der Waals surface area contributed by atoms with E-state index >= 15 is 35.1 Å². The fraction of sp³-hybridized carbons (Fsp3) is 0. The van der Waals surface area contributed by atoms with E-state index in [2.05, 4.69) is 24.3 Å². The van der Waals surface area contributed by atoms with Crippen molar-refractivity contribution in [3.05, 3.63) is 266 Å². The standard InChI is InChI=1S/C31H21F2OS2.C24BF20/c32-24-8-16-28(17-9-24)36(29-18-10-25(33)11-19-29)30-20-14-27(15-21-30)35-26-12-6-23(7-13-26)31(34)22-4-2-1-3-5-22;26-5-1(6(27)14(35)21(42)13(5)34)25(2-7(28)15(36)22(43)16(37)8(2)29,3-9(30)17(38)23(44)18(39)10(3)31)4-11(32)19(40)24(45)20(41)12(4)33/h1-21H;/q+1;-1. The van der Waals surface area contributed by atoms with Gasteiger partial charge in [0.25, 0.3) is 0 Å². The number of ketones is 1. The van der Waals surface area contributed by atoms with Gasteiger partial charge in [-0.3, -0.25) is 4.79 Å². The van der Waals surface area contributed by atoms with Crippen LogP contribution in [-0.2, 0) is 10.9 Å². The second-order valence-electron chi connectivity index (χ2n) is 16.8. The summed E-state index contributed by atoms with van der Waals surface area (Å²) in [6.45, 7) is 0. The zero-order chi connectivity index (χ0) is 59.3. The summed E-state index contributed by atoms with van der Waals surface area (Å²) in [6.07, 6.45) is -7.22. The maximum atomic E-state index is 15.4. The van der Waals surface area contributed by atoms with Gasteiger partial charge in [0.2, 0.25) is 0 Å². The molecule has 0 unspecified atom stereocenters. The van der Waals surface area contributed by atoms with Crippen molar-refractivity contribution in [2.75, 3.05) is 0 Å². The Hall–Kier alpha value is -8.13. The summed E-state index contributed by atoms with van der Waals surface area (Å²) in [5, 5.41) is 0. The molecule has 9 rings (SSSR count). The molecule has 0 heterocycles.